The monoisotopic (exact) mass is 767 g/mol. The van der Waals surface area contributed by atoms with Gasteiger partial charge in [0.25, 0.3) is 11.7 Å². The Balaban J connectivity index is 0.858. The third-order valence-corrected chi connectivity index (χ3v) is 10.7. The number of anilines is 1. The third-order valence-electron chi connectivity index (χ3n) is 10.7. The average Bonchev–Trinajstić information content (AvgIpc) is 3.89. The molecule has 2 aliphatic rings. The van der Waals surface area contributed by atoms with E-state index in [0.29, 0.717) is 37.1 Å². The predicted octanol–water partition coefficient (Wildman–Crippen LogP) is 5.37. The van der Waals surface area contributed by atoms with Crippen LogP contribution in [0.15, 0.2) is 78.0 Å². The normalized spacial score (nSPS) is 16.8. The Morgan fingerprint density at radius 3 is 2.40 bits per heavy atom. The summed E-state index contributed by atoms with van der Waals surface area (Å²) in [7, 11) is 0. The summed E-state index contributed by atoms with van der Waals surface area (Å²) >= 11 is 0. The van der Waals surface area contributed by atoms with Crippen molar-refractivity contribution in [1.82, 2.24) is 50.2 Å². The van der Waals surface area contributed by atoms with Gasteiger partial charge >= 0.3 is 0 Å². The Labute approximate surface area is 329 Å². The van der Waals surface area contributed by atoms with Gasteiger partial charge in [0.2, 0.25) is 23.7 Å². The molecular formula is C42H45N11O4. The molecule has 3 N–H and O–H groups in total. The van der Waals surface area contributed by atoms with Gasteiger partial charge in [-0.2, -0.15) is 10.1 Å². The van der Waals surface area contributed by atoms with Crippen molar-refractivity contribution in [2.24, 2.45) is 0 Å². The van der Waals surface area contributed by atoms with E-state index >= 15 is 0 Å². The molecule has 0 spiro atoms. The van der Waals surface area contributed by atoms with Gasteiger partial charge in [0.1, 0.15) is 12.4 Å². The number of carbonyl (C=O) groups excluding carboxylic acids is 3. The number of piperidine rings is 2. The van der Waals surface area contributed by atoms with Crippen molar-refractivity contribution in [3.63, 3.8) is 0 Å². The zero-order chi connectivity index (χ0) is 39.7. The van der Waals surface area contributed by atoms with E-state index in [2.05, 4.69) is 87.4 Å². The number of imide groups is 1. The molecule has 2 saturated heterocycles. The zero-order valence-electron chi connectivity index (χ0n) is 32.5. The fraction of sp³-hybridized carbons (Fsp3) is 0.357. The summed E-state index contributed by atoms with van der Waals surface area (Å²) in [5.74, 6) is 0.250. The van der Waals surface area contributed by atoms with E-state index in [-0.39, 0.29) is 29.0 Å². The highest BCUT2D eigenvalue weighted by Gasteiger charge is 2.28. The van der Waals surface area contributed by atoms with Crippen LogP contribution in [0.4, 0.5) is 5.95 Å². The van der Waals surface area contributed by atoms with Gasteiger partial charge in [0.05, 0.1) is 11.2 Å². The van der Waals surface area contributed by atoms with Crippen molar-refractivity contribution < 1.29 is 18.9 Å². The molecule has 292 valence electrons. The van der Waals surface area contributed by atoms with Crippen LogP contribution in [0, 0.1) is 6.92 Å². The van der Waals surface area contributed by atoms with Crippen molar-refractivity contribution in [3.8, 4) is 22.4 Å². The van der Waals surface area contributed by atoms with Gasteiger partial charge in [-0.15, -0.1) is 0 Å². The molecule has 1 unspecified atom stereocenters. The highest BCUT2D eigenvalue weighted by molar-refractivity contribution is 6.01. The second kappa shape index (κ2) is 15.7. The lowest BCUT2D eigenvalue weighted by molar-refractivity contribution is -0.133. The number of carbonyl (C=O) groups is 3. The van der Waals surface area contributed by atoms with Crippen LogP contribution in [-0.2, 0) is 28.1 Å². The molecule has 6 aromatic rings. The van der Waals surface area contributed by atoms with Crippen LogP contribution in [0.1, 0.15) is 91.1 Å². The topological polar surface area (TPSA) is 185 Å². The number of nitrogens with zero attached hydrogens (tertiary/aromatic N) is 8. The molecule has 3 amide bonds. The molecule has 15 nitrogen and oxygen atoms in total. The van der Waals surface area contributed by atoms with Gasteiger partial charge in [0.15, 0.2) is 0 Å². The molecule has 57 heavy (non-hydrogen) atoms. The van der Waals surface area contributed by atoms with Crippen LogP contribution in [0.2, 0.25) is 0 Å². The molecule has 8 rings (SSSR count). The van der Waals surface area contributed by atoms with Crippen LogP contribution >= 0.6 is 0 Å². The van der Waals surface area contributed by atoms with Gasteiger partial charge in [-0.3, -0.25) is 24.6 Å². The van der Waals surface area contributed by atoms with Crippen molar-refractivity contribution in [1.29, 1.82) is 0 Å². The number of rotatable bonds is 10. The minimum absolute atomic E-state index is 0.0213. The largest absolute Gasteiger partial charge is 0.345 e. The van der Waals surface area contributed by atoms with E-state index in [9.17, 15) is 14.4 Å². The molecule has 6 heterocycles. The van der Waals surface area contributed by atoms with Gasteiger partial charge in [-0.05, 0) is 85.1 Å². The molecule has 2 aliphatic heterocycles. The summed E-state index contributed by atoms with van der Waals surface area (Å²) in [5.41, 5.74) is 8.84. The number of amides is 3. The molecule has 2 fully saturated rings. The first-order valence-electron chi connectivity index (χ1n) is 19.3. The van der Waals surface area contributed by atoms with Crippen molar-refractivity contribution in [3.05, 3.63) is 107 Å². The highest BCUT2D eigenvalue weighted by atomic mass is 16.5. The Morgan fingerprint density at radius 2 is 1.70 bits per heavy atom. The minimum atomic E-state index is -0.501. The number of hydrogen-bond donors (Lipinski definition) is 3. The number of fused-ring (bicyclic) bond motifs is 1. The number of nitrogens with one attached hydrogen (secondary N) is 3. The summed E-state index contributed by atoms with van der Waals surface area (Å²) < 4.78 is 7.13. The summed E-state index contributed by atoms with van der Waals surface area (Å²) in [6, 6.07) is 16.4. The maximum atomic E-state index is 12.7. The highest BCUT2D eigenvalue weighted by Crippen LogP contribution is 2.31. The molecule has 1 atom stereocenters. The molecule has 4 aromatic heterocycles. The third kappa shape index (κ3) is 8.43. The van der Waals surface area contributed by atoms with Gasteiger partial charge < -0.3 is 15.2 Å². The summed E-state index contributed by atoms with van der Waals surface area (Å²) in [4.78, 5) is 56.5. The van der Waals surface area contributed by atoms with Crippen LogP contribution in [0.5, 0.6) is 0 Å². The number of aryl methyl sites for hydroxylation is 1. The second-order valence-electron chi connectivity index (χ2n) is 15.9. The zero-order valence-corrected chi connectivity index (χ0v) is 32.5. The standard InChI is InChI=1S/C42H45N11O4/c1-25-17-29(9-10-30(25)19-43-39(56)37-50-40(57-51-37)42(2,3)4)36-34-18-31(23-53(34)47-24-46-36)27-7-5-26(6-8-27)22-52-15-13-28(14-16-52)32-20-44-41(45-21-32)48-33-11-12-35(54)49-38(33)55/h5-10,17-18,20-21,23-24,28,33H,11-16,19,22H2,1-4H3,(H,43,56)(H,44,45,48)(H,49,54,55). The average molecular weight is 768 g/mol. The fourth-order valence-corrected chi connectivity index (χ4v) is 7.32. The van der Waals surface area contributed by atoms with E-state index in [1.54, 1.807) is 6.33 Å². The van der Waals surface area contributed by atoms with Crippen LogP contribution in [0.3, 0.4) is 0 Å². The van der Waals surface area contributed by atoms with Crippen molar-refractivity contribution in [2.75, 3.05) is 18.4 Å². The number of aromatic nitrogens is 7. The summed E-state index contributed by atoms with van der Waals surface area (Å²) in [5, 5.41) is 16.6. The quantitative estimate of drug-likeness (QED) is 0.152. The first kappa shape index (κ1) is 37.6. The number of benzene rings is 2. The lowest BCUT2D eigenvalue weighted by Crippen LogP contribution is -2.47. The van der Waals surface area contributed by atoms with Crippen LogP contribution in [0.25, 0.3) is 27.9 Å². The molecule has 0 bridgehead atoms. The van der Waals surface area contributed by atoms with E-state index in [1.807, 2.05) is 62.9 Å². The van der Waals surface area contributed by atoms with E-state index in [0.717, 1.165) is 77.1 Å². The lowest BCUT2D eigenvalue weighted by atomic mass is 9.91. The Morgan fingerprint density at radius 1 is 0.947 bits per heavy atom. The molecule has 2 aromatic carbocycles. The molecule has 0 saturated carbocycles. The first-order valence-corrected chi connectivity index (χ1v) is 19.3. The van der Waals surface area contributed by atoms with Gasteiger partial charge in [-0.1, -0.05) is 62.3 Å². The molecule has 0 radical (unpaired) electrons. The first-order chi connectivity index (χ1) is 27.5. The Hall–Kier alpha value is -6.35. The van der Waals surface area contributed by atoms with Crippen molar-refractivity contribution >= 4 is 29.2 Å². The lowest BCUT2D eigenvalue weighted by Gasteiger charge is -2.32. The number of likely N-dealkylation sites (tertiary alicyclic amines) is 1. The fourth-order valence-electron chi connectivity index (χ4n) is 7.32. The maximum Gasteiger partial charge on any atom is 0.292 e. The molecule has 0 aliphatic carbocycles. The predicted molar refractivity (Wildman–Crippen MR) is 212 cm³/mol. The number of hydrogen-bond acceptors (Lipinski definition) is 12. The van der Waals surface area contributed by atoms with Gasteiger partial charge in [0, 0.05) is 54.6 Å². The Kier molecular flexibility index (Phi) is 10.3. The van der Waals surface area contributed by atoms with Gasteiger partial charge in [-0.25, -0.2) is 19.5 Å². The molecule has 15 heteroatoms. The van der Waals surface area contributed by atoms with Crippen LogP contribution < -0.4 is 16.0 Å². The van der Waals surface area contributed by atoms with E-state index in [1.165, 1.54) is 5.56 Å². The Bertz CT molecular complexity index is 2430. The summed E-state index contributed by atoms with van der Waals surface area (Å²) in [6.07, 6.45) is 10.1. The molecular weight excluding hydrogens is 723 g/mol. The maximum absolute atomic E-state index is 12.7. The second-order valence-corrected chi connectivity index (χ2v) is 15.9. The smallest absolute Gasteiger partial charge is 0.292 e. The minimum Gasteiger partial charge on any atom is -0.345 e. The SMILES string of the molecule is Cc1cc(-c2ncnn3cc(-c4ccc(CN5CCC(c6cnc(NC7CCC(=O)NC7=O)nc6)CC5)cc4)cc23)ccc1CNC(=O)c1noc(C(C)(C)C)n1. The van der Waals surface area contributed by atoms with Crippen molar-refractivity contribution in [2.45, 2.75) is 83.8 Å². The van der Waals surface area contributed by atoms with E-state index in [4.69, 9.17) is 4.52 Å². The summed E-state index contributed by atoms with van der Waals surface area (Å²) in [6.45, 7) is 11.0. The van der Waals surface area contributed by atoms with E-state index < -0.39 is 6.04 Å². The van der Waals surface area contributed by atoms with Crippen LogP contribution in [-0.4, -0.2) is 76.5 Å².